The Morgan fingerprint density at radius 2 is 2.16 bits per heavy atom. The van der Waals surface area contributed by atoms with Crippen molar-refractivity contribution in [3.05, 3.63) is 18.1 Å². The lowest BCUT2D eigenvalue weighted by Crippen LogP contribution is -2.39. The van der Waals surface area contributed by atoms with Gasteiger partial charge in [-0.15, -0.1) is 0 Å². The summed E-state index contributed by atoms with van der Waals surface area (Å²) in [5, 5.41) is 9.13. The Morgan fingerprint density at radius 3 is 2.84 bits per heavy atom. The van der Waals surface area contributed by atoms with E-state index in [2.05, 4.69) is 14.9 Å². The highest BCUT2D eigenvalue weighted by molar-refractivity contribution is 5.71. The summed E-state index contributed by atoms with van der Waals surface area (Å²) >= 11 is 0. The molecule has 5 nitrogen and oxygen atoms in total. The molecule has 0 bridgehead atoms. The van der Waals surface area contributed by atoms with Crippen LogP contribution in [0.4, 0.5) is 5.82 Å². The molecule has 1 atom stereocenters. The molecular weight excluding hydrogens is 242 g/mol. The van der Waals surface area contributed by atoms with Crippen LogP contribution in [0.2, 0.25) is 0 Å². The van der Waals surface area contributed by atoms with Crippen molar-refractivity contribution in [1.29, 1.82) is 0 Å². The highest BCUT2D eigenvalue weighted by Crippen LogP contribution is 2.35. The van der Waals surface area contributed by atoms with Gasteiger partial charge in [0.1, 0.15) is 11.6 Å². The van der Waals surface area contributed by atoms with E-state index in [-0.39, 0.29) is 5.92 Å². The van der Waals surface area contributed by atoms with Crippen LogP contribution in [0, 0.1) is 5.92 Å². The molecule has 2 heterocycles. The van der Waals surface area contributed by atoms with Crippen LogP contribution < -0.4 is 4.90 Å². The van der Waals surface area contributed by atoms with Crippen LogP contribution in [-0.4, -0.2) is 34.1 Å². The van der Waals surface area contributed by atoms with Gasteiger partial charge in [0.25, 0.3) is 0 Å². The molecule has 1 saturated carbocycles. The number of hydrogen-bond acceptors (Lipinski definition) is 4. The minimum Gasteiger partial charge on any atom is -0.481 e. The van der Waals surface area contributed by atoms with Gasteiger partial charge in [-0.1, -0.05) is 6.42 Å². The molecule has 2 aliphatic rings. The molecule has 1 unspecified atom stereocenters. The number of carboxylic acid groups (broad SMARTS) is 1. The first-order chi connectivity index (χ1) is 9.24. The Bertz CT molecular complexity index is 474. The third-order valence-electron chi connectivity index (χ3n) is 4.22. The maximum Gasteiger partial charge on any atom is 0.308 e. The quantitative estimate of drug-likeness (QED) is 0.902. The van der Waals surface area contributed by atoms with Crippen LogP contribution >= 0.6 is 0 Å². The molecule has 2 fully saturated rings. The highest BCUT2D eigenvalue weighted by atomic mass is 16.4. The molecule has 102 valence electrons. The van der Waals surface area contributed by atoms with Gasteiger partial charge in [0.2, 0.25) is 0 Å². The molecule has 1 aromatic rings. The van der Waals surface area contributed by atoms with Gasteiger partial charge in [0.05, 0.1) is 5.92 Å². The zero-order valence-electron chi connectivity index (χ0n) is 11.0. The Morgan fingerprint density at radius 1 is 1.32 bits per heavy atom. The predicted octanol–water partition coefficient (Wildman–Crippen LogP) is 2.05. The molecule has 3 rings (SSSR count). The van der Waals surface area contributed by atoms with E-state index >= 15 is 0 Å². The smallest absolute Gasteiger partial charge is 0.308 e. The molecule has 1 aliphatic carbocycles. The molecule has 0 spiro atoms. The van der Waals surface area contributed by atoms with Crippen LogP contribution in [-0.2, 0) is 4.79 Å². The van der Waals surface area contributed by atoms with Gasteiger partial charge in [0.15, 0.2) is 0 Å². The Kier molecular flexibility index (Phi) is 3.36. The van der Waals surface area contributed by atoms with Gasteiger partial charge in [0, 0.05) is 25.2 Å². The minimum absolute atomic E-state index is 0.268. The van der Waals surface area contributed by atoms with Gasteiger partial charge in [-0.3, -0.25) is 4.79 Å². The second kappa shape index (κ2) is 5.15. The summed E-state index contributed by atoms with van der Waals surface area (Å²) in [4.78, 5) is 22.2. The average Bonchev–Trinajstić information content (AvgIpc) is 2.37. The molecule has 5 heteroatoms. The summed E-state index contributed by atoms with van der Waals surface area (Å²) in [7, 11) is 0. The maximum atomic E-state index is 11.1. The number of anilines is 1. The molecule has 19 heavy (non-hydrogen) atoms. The van der Waals surface area contributed by atoms with Crippen molar-refractivity contribution in [3.63, 3.8) is 0 Å². The predicted molar refractivity (Wildman–Crippen MR) is 71.2 cm³/mol. The van der Waals surface area contributed by atoms with E-state index in [0.717, 1.165) is 31.0 Å². The number of carbonyl (C=O) groups is 1. The fourth-order valence-corrected chi connectivity index (χ4v) is 2.79. The molecular formula is C14H19N3O2. The molecule has 1 N–H and O–H groups in total. The second-order valence-corrected chi connectivity index (χ2v) is 5.52. The number of piperidine rings is 1. The van der Waals surface area contributed by atoms with Crippen molar-refractivity contribution < 1.29 is 9.90 Å². The van der Waals surface area contributed by atoms with E-state index in [4.69, 9.17) is 5.11 Å². The maximum absolute atomic E-state index is 11.1. The summed E-state index contributed by atoms with van der Waals surface area (Å²) < 4.78 is 0. The molecule has 1 aromatic heterocycles. The molecule has 0 aromatic carbocycles. The van der Waals surface area contributed by atoms with Crippen molar-refractivity contribution in [2.45, 2.75) is 38.0 Å². The molecule has 0 amide bonds. The fourth-order valence-electron chi connectivity index (χ4n) is 2.79. The van der Waals surface area contributed by atoms with Gasteiger partial charge < -0.3 is 10.0 Å². The van der Waals surface area contributed by atoms with Crippen molar-refractivity contribution in [2.24, 2.45) is 5.92 Å². The minimum atomic E-state index is -0.696. The zero-order valence-corrected chi connectivity index (χ0v) is 11.0. The first-order valence-electron chi connectivity index (χ1n) is 7.05. The van der Waals surface area contributed by atoms with Crippen LogP contribution in [0.3, 0.4) is 0 Å². The lowest BCUT2D eigenvalue weighted by molar-refractivity contribution is -0.141. The average molecular weight is 261 g/mol. The van der Waals surface area contributed by atoms with Crippen LogP contribution in [0.15, 0.2) is 12.3 Å². The first kappa shape index (κ1) is 12.4. The summed E-state index contributed by atoms with van der Waals surface area (Å²) in [6.45, 7) is 1.46. The van der Waals surface area contributed by atoms with E-state index in [1.807, 2.05) is 6.07 Å². The standard InChI is InChI=1S/C14H19N3O2/c18-14(19)11-5-2-8-17(9-11)12-6-7-15-13(16-12)10-3-1-4-10/h6-7,10-11H,1-5,8-9H2,(H,18,19). The fraction of sp³-hybridized carbons (Fsp3) is 0.643. The van der Waals surface area contributed by atoms with Gasteiger partial charge in [-0.2, -0.15) is 0 Å². The van der Waals surface area contributed by atoms with E-state index < -0.39 is 5.97 Å². The molecule has 1 saturated heterocycles. The topological polar surface area (TPSA) is 66.3 Å². The number of nitrogens with zero attached hydrogens (tertiary/aromatic N) is 3. The van der Waals surface area contributed by atoms with Crippen LogP contribution in [0.1, 0.15) is 43.8 Å². The number of hydrogen-bond donors (Lipinski definition) is 1. The van der Waals surface area contributed by atoms with E-state index in [1.54, 1.807) is 6.20 Å². The Balaban J connectivity index is 1.75. The zero-order chi connectivity index (χ0) is 13.2. The SMILES string of the molecule is O=C(O)C1CCCN(c2ccnc(C3CCC3)n2)C1. The summed E-state index contributed by atoms with van der Waals surface area (Å²) in [6.07, 6.45) is 7.12. The monoisotopic (exact) mass is 261 g/mol. The number of rotatable bonds is 3. The second-order valence-electron chi connectivity index (χ2n) is 5.52. The normalized spacial score (nSPS) is 24.0. The van der Waals surface area contributed by atoms with Crippen molar-refractivity contribution >= 4 is 11.8 Å². The Hall–Kier alpha value is -1.65. The van der Waals surface area contributed by atoms with E-state index in [1.165, 1.54) is 19.3 Å². The van der Waals surface area contributed by atoms with E-state index in [9.17, 15) is 4.79 Å². The lowest BCUT2D eigenvalue weighted by atomic mass is 9.85. The van der Waals surface area contributed by atoms with Gasteiger partial charge in [-0.05, 0) is 31.7 Å². The number of aromatic nitrogens is 2. The summed E-state index contributed by atoms with van der Waals surface area (Å²) in [5.74, 6) is 1.37. The summed E-state index contributed by atoms with van der Waals surface area (Å²) in [6, 6.07) is 1.90. The first-order valence-corrected chi connectivity index (χ1v) is 7.05. The molecule has 0 radical (unpaired) electrons. The van der Waals surface area contributed by atoms with Gasteiger partial charge >= 0.3 is 5.97 Å². The van der Waals surface area contributed by atoms with Crippen LogP contribution in [0.25, 0.3) is 0 Å². The van der Waals surface area contributed by atoms with Crippen molar-refractivity contribution in [1.82, 2.24) is 9.97 Å². The lowest BCUT2D eigenvalue weighted by Gasteiger charge is -2.32. The molecule has 1 aliphatic heterocycles. The Labute approximate surface area is 112 Å². The summed E-state index contributed by atoms with van der Waals surface area (Å²) in [5.41, 5.74) is 0. The largest absolute Gasteiger partial charge is 0.481 e. The van der Waals surface area contributed by atoms with Crippen molar-refractivity contribution in [2.75, 3.05) is 18.0 Å². The van der Waals surface area contributed by atoms with Crippen LogP contribution in [0.5, 0.6) is 0 Å². The third-order valence-corrected chi connectivity index (χ3v) is 4.22. The van der Waals surface area contributed by atoms with E-state index in [0.29, 0.717) is 12.5 Å². The third kappa shape index (κ3) is 2.55. The van der Waals surface area contributed by atoms with Crippen molar-refractivity contribution in [3.8, 4) is 0 Å². The number of aliphatic carboxylic acids is 1. The van der Waals surface area contributed by atoms with Gasteiger partial charge in [-0.25, -0.2) is 9.97 Å². The number of carboxylic acids is 1. The highest BCUT2D eigenvalue weighted by Gasteiger charge is 2.27.